The smallest absolute Gasteiger partial charge is 0.265 e. The van der Waals surface area contributed by atoms with E-state index in [1.54, 1.807) is 0 Å². The van der Waals surface area contributed by atoms with Crippen molar-refractivity contribution in [2.45, 2.75) is 0 Å². The highest BCUT2D eigenvalue weighted by Crippen LogP contribution is 2.11. The van der Waals surface area contributed by atoms with E-state index in [-0.39, 0.29) is 5.69 Å². The zero-order chi connectivity index (χ0) is 8.84. The van der Waals surface area contributed by atoms with Gasteiger partial charge in [0, 0.05) is 0 Å². The molecule has 0 aliphatic rings. The van der Waals surface area contributed by atoms with Crippen LogP contribution < -0.4 is 5.69 Å². The van der Waals surface area contributed by atoms with Gasteiger partial charge >= 0.3 is 5.69 Å². The Morgan fingerprint density at radius 1 is 1.23 bits per heavy atom. The van der Waals surface area contributed by atoms with E-state index in [0.29, 0.717) is 5.78 Å². The Balaban J connectivity index is 2.75. The van der Waals surface area contributed by atoms with Gasteiger partial charge in [-0.3, -0.25) is 5.10 Å². The van der Waals surface area contributed by atoms with E-state index in [2.05, 4.69) is 15.2 Å². The number of fused-ring (bicyclic) bond motifs is 3. The number of imidazole rings is 1. The number of para-hydroxylation sites is 2. The van der Waals surface area contributed by atoms with Crippen LogP contribution >= 0.6 is 0 Å². The summed E-state index contributed by atoms with van der Waals surface area (Å²) in [5.41, 5.74) is 1.45. The van der Waals surface area contributed by atoms with Crippen LogP contribution in [0.25, 0.3) is 16.8 Å². The SMILES string of the molecule is O=c1[nH][nH]c2nc3ccccc3n12. The number of nitrogens with one attached hydrogen (secondary N) is 2. The summed E-state index contributed by atoms with van der Waals surface area (Å²) >= 11 is 0. The summed E-state index contributed by atoms with van der Waals surface area (Å²) in [6.45, 7) is 0. The Morgan fingerprint density at radius 3 is 3.00 bits per heavy atom. The van der Waals surface area contributed by atoms with Crippen LogP contribution in [0.1, 0.15) is 0 Å². The van der Waals surface area contributed by atoms with E-state index >= 15 is 0 Å². The lowest BCUT2D eigenvalue weighted by Crippen LogP contribution is -2.07. The molecular formula is C8H6N4O. The van der Waals surface area contributed by atoms with Crippen molar-refractivity contribution in [1.29, 1.82) is 0 Å². The molecule has 0 aliphatic carbocycles. The molecule has 5 heteroatoms. The highest BCUT2D eigenvalue weighted by atomic mass is 16.1. The van der Waals surface area contributed by atoms with Gasteiger partial charge < -0.3 is 0 Å². The van der Waals surface area contributed by atoms with Crippen molar-refractivity contribution in [2.75, 3.05) is 0 Å². The van der Waals surface area contributed by atoms with Gasteiger partial charge in [-0.2, -0.15) is 0 Å². The van der Waals surface area contributed by atoms with Crippen LogP contribution in [0.2, 0.25) is 0 Å². The number of aromatic amines is 2. The number of H-pyrrole nitrogens is 2. The summed E-state index contributed by atoms with van der Waals surface area (Å²) in [7, 11) is 0. The minimum absolute atomic E-state index is 0.191. The van der Waals surface area contributed by atoms with E-state index in [4.69, 9.17) is 0 Å². The summed E-state index contributed by atoms with van der Waals surface area (Å²) in [6.07, 6.45) is 0. The van der Waals surface area contributed by atoms with E-state index in [1.807, 2.05) is 24.3 Å². The first-order chi connectivity index (χ1) is 6.36. The van der Waals surface area contributed by atoms with Crippen molar-refractivity contribution in [2.24, 2.45) is 0 Å². The lowest BCUT2D eigenvalue weighted by molar-refractivity contribution is 1.04. The van der Waals surface area contributed by atoms with Gasteiger partial charge in [0.15, 0.2) is 0 Å². The molecular weight excluding hydrogens is 168 g/mol. The first-order valence-electron chi connectivity index (χ1n) is 3.90. The van der Waals surface area contributed by atoms with Crippen LogP contribution in [-0.2, 0) is 0 Å². The molecule has 0 saturated heterocycles. The monoisotopic (exact) mass is 174 g/mol. The third-order valence-electron chi connectivity index (χ3n) is 2.05. The van der Waals surface area contributed by atoms with E-state index in [0.717, 1.165) is 11.0 Å². The zero-order valence-corrected chi connectivity index (χ0v) is 6.61. The number of aromatic nitrogens is 4. The molecule has 13 heavy (non-hydrogen) atoms. The zero-order valence-electron chi connectivity index (χ0n) is 6.61. The van der Waals surface area contributed by atoms with Gasteiger partial charge in [0.2, 0.25) is 5.78 Å². The molecule has 0 atom stereocenters. The molecule has 3 aromatic rings. The number of hydrogen-bond acceptors (Lipinski definition) is 2. The van der Waals surface area contributed by atoms with Crippen LogP contribution in [0.5, 0.6) is 0 Å². The first-order valence-corrected chi connectivity index (χ1v) is 3.90. The second-order valence-electron chi connectivity index (χ2n) is 2.81. The summed E-state index contributed by atoms with van der Waals surface area (Å²) in [5.74, 6) is 0.547. The number of rotatable bonds is 0. The van der Waals surface area contributed by atoms with Crippen molar-refractivity contribution in [3.05, 3.63) is 34.7 Å². The van der Waals surface area contributed by atoms with Gasteiger partial charge in [-0.05, 0) is 12.1 Å². The molecule has 0 amide bonds. The van der Waals surface area contributed by atoms with Crippen LogP contribution in [0.15, 0.2) is 29.1 Å². The average Bonchev–Trinajstić information content (AvgIpc) is 2.66. The molecule has 3 rings (SSSR count). The lowest BCUT2D eigenvalue weighted by Gasteiger charge is -1.84. The maximum absolute atomic E-state index is 11.3. The number of benzene rings is 1. The Morgan fingerprint density at radius 2 is 2.08 bits per heavy atom. The quantitative estimate of drug-likeness (QED) is 0.521. The normalized spacial score (nSPS) is 11.4. The molecule has 2 heterocycles. The van der Waals surface area contributed by atoms with E-state index < -0.39 is 0 Å². The molecule has 2 N–H and O–H groups in total. The van der Waals surface area contributed by atoms with Gasteiger partial charge in [-0.25, -0.2) is 19.3 Å². The molecule has 0 radical (unpaired) electrons. The van der Waals surface area contributed by atoms with Crippen molar-refractivity contribution < 1.29 is 0 Å². The first kappa shape index (κ1) is 6.47. The van der Waals surface area contributed by atoms with Crippen LogP contribution in [-0.4, -0.2) is 19.6 Å². The highest BCUT2D eigenvalue weighted by molar-refractivity contribution is 5.78. The summed E-state index contributed by atoms with van der Waals surface area (Å²) in [4.78, 5) is 15.5. The van der Waals surface area contributed by atoms with E-state index in [9.17, 15) is 4.79 Å². The fourth-order valence-electron chi connectivity index (χ4n) is 1.48. The topological polar surface area (TPSA) is 66.0 Å². The summed E-state index contributed by atoms with van der Waals surface area (Å²) < 4.78 is 1.51. The maximum Gasteiger partial charge on any atom is 0.347 e. The van der Waals surface area contributed by atoms with Gasteiger partial charge in [-0.1, -0.05) is 12.1 Å². The second kappa shape index (κ2) is 2.01. The Labute approximate surface area is 72.0 Å². The van der Waals surface area contributed by atoms with Gasteiger partial charge in [-0.15, -0.1) is 0 Å². The van der Waals surface area contributed by atoms with Crippen LogP contribution in [0.4, 0.5) is 0 Å². The molecule has 0 aliphatic heterocycles. The summed E-state index contributed by atoms with van der Waals surface area (Å²) in [5, 5.41) is 5.16. The van der Waals surface area contributed by atoms with Crippen molar-refractivity contribution >= 4 is 16.8 Å². The Bertz CT molecular complexity index is 630. The molecule has 0 bridgehead atoms. The van der Waals surface area contributed by atoms with Crippen molar-refractivity contribution in [1.82, 2.24) is 19.6 Å². The largest absolute Gasteiger partial charge is 0.347 e. The lowest BCUT2D eigenvalue weighted by atomic mass is 10.3. The molecule has 64 valence electrons. The molecule has 0 unspecified atom stereocenters. The Hall–Kier alpha value is -2.04. The Kier molecular flexibility index (Phi) is 0.999. The van der Waals surface area contributed by atoms with Crippen molar-refractivity contribution in [3.63, 3.8) is 0 Å². The van der Waals surface area contributed by atoms with Crippen molar-refractivity contribution in [3.8, 4) is 0 Å². The molecule has 2 aromatic heterocycles. The minimum Gasteiger partial charge on any atom is -0.265 e. The average molecular weight is 174 g/mol. The van der Waals surface area contributed by atoms with Gasteiger partial charge in [0.25, 0.3) is 0 Å². The summed E-state index contributed by atoms with van der Waals surface area (Å²) in [6, 6.07) is 7.50. The number of nitrogens with zero attached hydrogens (tertiary/aromatic N) is 2. The third-order valence-corrected chi connectivity index (χ3v) is 2.05. The predicted molar refractivity (Wildman–Crippen MR) is 47.7 cm³/mol. The van der Waals surface area contributed by atoms with Gasteiger partial charge in [0.05, 0.1) is 11.0 Å². The minimum atomic E-state index is -0.191. The number of hydrogen-bond donors (Lipinski definition) is 2. The molecule has 0 saturated carbocycles. The predicted octanol–water partition coefficient (Wildman–Crippen LogP) is 0.504. The molecule has 0 fully saturated rings. The van der Waals surface area contributed by atoms with Crippen LogP contribution in [0.3, 0.4) is 0 Å². The second-order valence-corrected chi connectivity index (χ2v) is 2.81. The highest BCUT2D eigenvalue weighted by Gasteiger charge is 2.06. The third kappa shape index (κ3) is 0.703. The maximum atomic E-state index is 11.3. The van der Waals surface area contributed by atoms with Crippen LogP contribution in [0, 0.1) is 0 Å². The molecule has 1 aromatic carbocycles. The molecule has 5 nitrogen and oxygen atoms in total. The standard InChI is InChI=1S/C8H6N4O/c13-8-11-10-7-9-5-3-1-2-4-6(5)12(7)8/h1-4H,(H,9,10)(H,11,13). The van der Waals surface area contributed by atoms with E-state index in [1.165, 1.54) is 4.40 Å². The molecule has 0 spiro atoms. The van der Waals surface area contributed by atoms with Gasteiger partial charge in [0.1, 0.15) is 0 Å². The fourth-order valence-corrected chi connectivity index (χ4v) is 1.48. The fraction of sp³-hybridized carbons (Fsp3) is 0.